The molecule has 2 unspecified atom stereocenters. The molecule has 0 radical (unpaired) electrons. The summed E-state index contributed by atoms with van der Waals surface area (Å²) < 4.78 is 0. The Morgan fingerprint density at radius 1 is 1.58 bits per heavy atom. The fourth-order valence-corrected chi connectivity index (χ4v) is 1.95. The van der Waals surface area contributed by atoms with Gasteiger partial charge in [-0.3, -0.25) is 4.90 Å². The van der Waals surface area contributed by atoms with Crippen LogP contribution in [0.1, 0.15) is 26.2 Å². The van der Waals surface area contributed by atoms with Crippen molar-refractivity contribution in [1.29, 1.82) is 0 Å². The van der Waals surface area contributed by atoms with E-state index in [4.69, 9.17) is 5.73 Å². The lowest BCUT2D eigenvalue weighted by molar-refractivity contribution is -0.0258. The lowest BCUT2D eigenvalue weighted by Gasteiger charge is -2.45. The van der Waals surface area contributed by atoms with Crippen molar-refractivity contribution in [2.75, 3.05) is 20.1 Å². The highest BCUT2D eigenvalue weighted by Gasteiger charge is 2.37. The van der Waals surface area contributed by atoms with E-state index >= 15 is 0 Å². The summed E-state index contributed by atoms with van der Waals surface area (Å²) in [5.74, 6) is 0. The van der Waals surface area contributed by atoms with Crippen LogP contribution in [0.2, 0.25) is 0 Å². The van der Waals surface area contributed by atoms with Crippen LogP contribution in [0.3, 0.4) is 0 Å². The molecule has 3 nitrogen and oxygen atoms in total. The molecular weight excluding hydrogens is 152 g/mol. The monoisotopic (exact) mass is 172 g/mol. The summed E-state index contributed by atoms with van der Waals surface area (Å²) in [7, 11) is 2.07. The molecule has 0 bridgehead atoms. The van der Waals surface area contributed by atoms with Gasteiger partial charge in [0.25, 0.3) is 0 Å². The number of nitrogens with two attached hydrogens (primary N) is 1. The first-order chi connectivity index (χ1) is 5.61. The van der Waals surface area contributed by atoms with E-state index in [0.717, 1.165) is 13.0 Å². The summed E-state index contributed by atoms with van der Waals surface area (Å²) in [5, 5.41) is 9.75. The van der Waals surface area contributed by atoms with Crippen molar-refractivity contribution in [2.45, 2.75) is 37.8 Å². The van der Waals surface area contributed by atoms with E-state index in [2.05, 4.69) is 18.9 Å². The zero-order chi connectivity index (χ0) is 9.19. The molecule has 3 heteroatoms. The van der Waals surface area contributed by atoms with Crippen LogP contribution < -0.4 is 5.73 Å². The predicted octanol–water partition coefficient (Wildman–Crippen LogP) is 0.180. The van der Waals surface area contributed by atoms with E-state index in [1.54, 1.807) is 0 Å². The van der Waals surface area contributed by atoms with Gasteiger partial charge in [0.05, 0.1) is 6.10 Å². The molecule has 1 aliphatic heterocycles. The maximum atomic E-state index is 9.75. The second kappa shape index (κ2) is 3.73. The highest BCUT2D eigenvalue weighted by molar-refractivity contribution is 4.94. The average molecular weight is 172 g/mol. The molecule has 2 atom stereocenters. The highest BCUT2D eigenvalue weighted by Crippen LogP contribution is 2.29. The number of rotatable bonds is 2. The Morgan fingerprint density at radius 2 is 2.25 bits per heavy atom. The SMILES string of the molecule is CN1CCCCC1(C)C(O)CN. The zero-order valence-corrected chi connectivity index (χ0v) is 8.08. The standard InChI is InChI=1S/C9H20N2O/c1-9(8(12)7-10)5-3-4-6-11(9)2/h8,12H,3-7,10H2,1-2H3. The van der Waals surface area contributed by atoms with Crippen molar-refractivity contribution in [2.24, 2.45) is 5.73 Å². The number of piperidine rings is 1. The van der Waals surface area contributed by atoms with Gasteiger partial charge in [0.1, 0.15) is 0 Å². The molecule has 1 saturated heterocycles. The van der Waals surface area contributed by atoms with Crippen molar-refractivity contribution in [1.82, 2.24) is 4.90 Å². The summed E-state index contributed by atoms with van der Waals surface area (Å²) in [6, 6.07) is 0. The van der Waals surface area contributed by atoms with Gasteiger partial charge in [-0.05, 0) is 33.4 Å². The summed E-state index contributed by atoms with van der Waals surface area (Å²) in [4.78, 5) is 2.23. The predicted molar refractivity (Wildman–Crippen MR) is 49.9 cm³/mol. The van der Waals surface area contributed by atoms with E-state index in [1.165, 1.54) is 12.8 Å². The van der Waals surface area contributed by atoms with Gasteiger partial charge in [-0.1, -0.05) is 6.42 Å². The molecule has 0 saturated carbocycles. The first kappa shape index (κ1) is 9.96. The molecule has 0 aromatic rings. The number of aliphatic hydroxyl groups is 1. The van der Waals surface area contributed by atoms with Crippen molar-refractivity contribution in [3.05, 3.63) is 0 Å². The summed E-state index contributed by atoms with van der Waals surface area (Å²) in [6.07, 6.45) is 3.12. The van der Waals surface area contributed by atoms with E-state index < -0.39 is 0 Å². The van der Waals surface area contributed by atoms with Crippen LogP contribution in [0, 0.1) is 0 Å². The van der Waals surface area contributed by atoms with Crippen LogP contribution in [0.15, 0.2) is 0 Å². The number of hydrogen-bond acceptors (Lipinski definition) is 3. The minimum absolute atomic E-state index is 0.0903. The maximum Gasteiger partial charge on any atom is 0.0842 e. The van der Waals surface area contributed by atoms with E-state index in [9.17, 15) is 5.11 Å². The Hall–Kier alpha value is -0.120. The van der Waals surface area contributed by atoms with Gasteiger partial charge in [0.2, 0.25) is 0 Å². The fourth-order valence-electron chi connectivity index (χ4n) is 1.95. The minimum atomic E-state index is -0.386. The summed E-state index contributed by atoms with van der Waals surface area (Å²) in [6.45, 7) is 3.54. The third-order valence-corrected chi connectivity index (χ3v) is 3.24. The van der Waals surface area contributed by atoms with Crippen LogP contribution in [0.5, 0.6) is 0 Å². The lowest BCUT2D eigenvalue weighted by Crippen LogP contribution is -2.57. The van der Waals surface area contributed by atoms with Crippen LogP contribution in [0.4, 0.5) is 0 Å². The third kappa shape index (κ3) is 1.63. The maximum absolute atomic E-state index is 9.75. The van der Waals surface area contributed by atoms with Gasteiger partial charge in [0.15, 0.2) is 0 Å². The van der Waals surface area contributed by atoms with Gasteiger partial charge < -0.3 is 10.8 Å². The van der Waals surface area contributed by atoms with E-state index in [0.29, 0.717) is 6.54 Å². The Labute approximate surface area is 74.5 Å². The number of hydrogen-bond donors (Lipinski definition) is 2. The third-order valence-electron chi connectivity index (χ3n) is 3.24. The number of nitrogens with zero attached hydrogens (tertiary/aromatic N) is 1. The van der Waals surface area contributed by atoms with E-state index in [1.807, 2.05) is 0 Å². The summed E-state index contributed by atoms with van der Waals surface area (Å²) in [5.41, 5.74) is 5.38. The van der Waals surface area contributed by atoms with Crippen molar-refractivity contribution < 1.29 is 5.11 Å². The van der Waals surface area contributed by atoms with E-state index in [-0.39, 0.29) is 11.6 Å². The highest BCUT2D eigenvalue weighted by atomic mass is 16.3. The fraction of sp³-hybridized carbons (Fsp3) is 1.00. The molecule has 0 aromatic heterocycles. The van der Waals surface area contributed by atoms with Gasteiger partial charge in [-0.15, -0.1) is 0 Å². The summed E-state index contributed by atoms with van der Waals surface area (Å²) >= 11 is 0. The van der Waals surface area contributed by atoms with Gasteiger partial charge >= 0.3 is 0 Å². The average Bonchev–Trinajstić information content (AvgIpc) is 2.09. The Balaban J connectivity index is 2.65. The lowest BCUT2D eigenvalue weighted by atomic mass is 9.84. The second-order valence-electron chi connectivity index (χ2n) is 3.99. The molecule has 1 rings (SSSR count). The molecule has 1 heterocycles. The quantitative estimate of drug-likeness (QED) is 0.625. The van der Waals surface area contributed by atoms with Crippen molar-refractivity contribution >= 4 is 0 Å². The molecule has 0 aliphatic carbocycles. The van der Waals surface area contributed by atoms with Gasteiger partial charge in [-0.25, -0.2) is 0 Å². The number of likely N-dealkylation sites (tertiary alicyclic amines) is 1. The molecule has 0 amide bonds. The van der Waals surface area contributed by atoms with Gasteiger partial charge in [-0.2, -0.15) is 0 Å². The largest absolute Gasteiger partial charge is 0.390 e. The molecule has 1 fully saturated rings. The Kier molecular flexibility index (Phi) is 3.09. The molecule has 0 aromatic carbocycles. The first-order valence-corrected chi connectivity index (χ1v) is 4.70. The van der Waals surface area contributed by atoms with Gasteiger partial charge in [0, 0.05) is 12.1 Å². The van der Waals surface area contributed by atoms with Crippen LogP contribution in [-0.2, 0) is 0 Å². The topological polar surface area (TPSA) is 49.5 Å². The van der Waals surface area contributed by atoms with Crippen LogP contribution in [0.25, 0.3) is 0 Å². The Morgan fingerprint density at radius 3 is 2.75 bits per heavy atom. The number of aliphatic hydroxyl groups excluding tert-OH is 1. The van der Waals surface area contributed by atoms with Crippen LogP contribution in [-0.4, -0.2) is 41.8 Å². The molecular formula is C9H20N2O. The van der Waals surface area contributed by atoms with Crippen molar-refractivity contribution in [3.63, 3.8) is 0 Å². The number of likely N-dealkylation sites (N-methyl/N-ethyl adjacent to an activating group) is 1. The van der Waals surface area contributed by atoms with Crippen LogP contribution >= 0.6 is 0 Å². The Bertz CT molecular complexity index is 145. The normalized spacial score (nSPS) is 35.0. The molecule has 0 spiro atoms. The first-order valence-electron chi connectivity index (χ1n) is 4.70. The minimum Gasteiger partial charge on any atom is -0.390 e. The second-order valence-corrected chi connectivity index (χ2v) is 3.99. The molecule has 72 valence electrons. The smallest absolute Gasteiger partial charge is 0.0842 e. The molecule has 12 heavy (non-hydrogen) atoms. The molecule has 1 aliphatic rings. The zero-order valence-electron chi connectivity index (χ0n) is 8.08. The molecule has 3 N–H and O–H groups in total. The van der Waals surface area contributed by atoms with Crippen molar-refractivity contribution in [3.8, 4) is 0 Å².